The number of aliphatic hydroxyl groups is 1. The fourth-order valence-corrected chi connectivity index (χ4v) is 3.17. The van der Waals surface area contributed by atoms with Crippen molar-refractivity contribution >= 4 is 0 Å². The normalized spacial score (nSPS) is 30.7. The minimum absolute atomic E-state index is 0.0238. The molecule has 0 aliphatic heterocycles. The van der Waals surface area contributed by atoms with Gasteiger partial charge >= 0.3 is 0 Å². The standard InChI is InChI=1S/C13H23N3O/c1-3-10-4-5-12(9(10)2)16-8-15-6-13(16)11(14)7-17/h6,8-12,17H,3-5,7,14H2,1-2H3. The lowest BCUT2D eigenvalue weighted by molar-refractivity contribution is 0.255. The van der Waals surface area contributed by atoms with E-state index in [2.05, 4.69) is 23.4 Å². The van der Waals surface area contributed by atoms with Crippen molar-refractivity contribution in [2.75, 3.05) is 6.61 Å². The van der Waals surface area contributed by atoms with Crippen molar-refractivity contribution in [3.05, 3.63) is 18.2 Å². The van der Waals surface area contributed by atoms with Crippen molar-refractivity contribution in [2.24, 2.45) is 17.6 Å². The molecule has 1 aromatic heterocycles. The molecule has 4 unspecified atom stereocenters. The molecule has 0 amide bonds. The van der Waals surface area contributed by atoms with E-state index in [0.29, 0.717) is 12.0 Å². The highest BCUT2D eigenvalue weighted by molar-refractivity contribution is 5.07. The van der Waals surface area contributed by atoms with Crippen molar-refractivity contribution in [1.29, 1.82) is 0 Å². The van der Waals surface area contributed by atoms with Gasteiger partial charge in [-0.1, -0.05) is 20.3 Å². The van der Waals surface area contributed by atoms with E-state index in [0.717, 1.165) is 11.6 Å². The van der Waals surface area contributed by atoms with Crippen LogP contribution in [0.25, 0.3) is 0 Å². The molecular weight excluding hydrogens is 214 g/mol. The molecule has 1 saturated carbocycles. The van der Waals surface area contributed by atoms with E-state index in [9.17, 15) is 5.11 Å². The molecule has 1 heterocycles. The van der Waals surface area contributed by atoms with E-state index in [1.807, 2.05) is 6.33 Å². The average molecular weight is 237 g/mol. The third-order valence-electron chi connectivity index (χ3n) is 4.34. The first-order valence-electron chi connectivity index (χ1n) is 6.57. The molecule has 1 aliphatic rings. The molecule has 1 aromatic rings. The number of hydrogen-bond acceptors (Lipinski definition) is 3. The third-order valence-corrected chi connectivity index (χ3v) is 4.34. The Morgan fingerprint density at radius 1 is 1.59 bits per heavy atom. The second kappa shape index (κ2) is 5.19. The maximum atomic E-state index is 9.17. The number of hydrogen-bond donors (Lipinski definition) is 2. The van der Waals surface area contributed by atoms with E-state index in [1.165, 1.54) is 19.3 Å². The summed E-state index contributed by atoms with van der Waals surface area (Å²) >= 11 is 0. The van der Waals surface area contributed by atoms with E-state index in [4.69, 9.17) is 5.73 Å². The Morgan fingerprint density at radius 3 is 2.94 bits per heavy atom. The van der Waals surface area contributed by atoms with Crippen LogP contribution in [0.3, 0.4) is 0 Å². The molecule has 2 rings (SSSR count). The van der Waals surface area contributed by atoms with Gasteiger partial charge in [-0.2, -0.15) is 0 Å². The van der Waals surface area contributed by atoms with Crippen LogP contribution >= 0.6 is 0 Å². The SMILES string of the molecule is CCC1CCC(n2cncc2C(N)CO)C1C. The first-order valence-corrected chi connectivity index (χ1v) is 6.57. The second-order valence-corrected chi connectivity index (χ2v) is 5.19. The van der Waals surface area contributed by atoms with E-state index >= 15 is 0 Å². The molecule has 0 bridgehead atoms. The summed E-state index contributed by atoms with van der Waals surface area (Å²) in [5.74, 6) is 1.47. The van der Waals surface area contributed by atoms with E-state index in [-0.39, 0.29) is 12.6 Å². The van der Waals surface area contributed by atoms with Crippen LogP contribution in [0.5, 0.6) is 0 Å². The van der Waals surface area contributed by atoms with Gasteiger partial charge in [0.05, 0.1) is 24.7 Å². The molecule has 17 heavy (non-hydrogen) atoms. The predicted molar refractivity (Wildman–Crippen MR) is 67.5 cm³/mol. The van der Waals surface area contributed by atoms with Crippen LogP contribution in [-0.2, 0) is 0 Å². The van der Waals surface area contributed by atoms with Crippen molar-refractivity contribution in [3.8, 4) is 0 Å². The molecule has 3 N–H and O–H groups in total. The van der Waals surface area contributed by atoms with Crippen LogP contribution < -0.4 is 5.73 Å². The lowest BCUT2D eigenvalue weighted by Crippen LogP contribution is -2.23. The maximum absolute atomic E-state index is 9.17. The van der Waals surface area contributed by atoms with Crippen LogP contribution in [0.15, 0.2) is 12.5 Å². The number of imidazole rings is 1. The minimum atomic E-state index is -0.314. The molecule has 0 saturated heterocycles. The summed E-state index contributed by atoms with van der Waals surface area (Å²) in [7, 11) is 0. The van der Waals surface area contributed by atoms with Gasteiger partial charge in [-0.15, -0.1) is 0 Å². The summed E-state index contributed by atoms with van der Waals surface area (Å²) in [5, 5.41) is 9.17. The summed E-state index contributed by atoms with van der Waals surface area (Å²) < 4.78 is 2.18. The second-order valence-electron chi connectivity index (χ2n) is 5.19. The number of aromatic nitrogens is 2. The number of nitrogens with zero attached hydrogens (tertiary/aromatic N) is 2. The Kier molecular flexibility index (Phi) is 3.84. The van der Waals surface area contributed by atoms with Gasteiger partial charge in [0.2, 0.25) is 0 Å². The fraction of sp³-hybridized carbons (Fsp3) is 0.769. The van der Waals surface area contributed by atoms with Crippen molar-refractivity contribution in [1.82, 2.24) is 9.55 Å². The molecular formula is C13H23N3O. The van der Waals surface area contributed by atoms with Gasteiger partial charge in [-0.05, 0) is 24.7 Å². The molecule has 1 aliphatic carbocycles. The zero-order valence-electron chi connectivity index (χ0n) is 10.7. The highest BCUT2D eigenvalue weighted by Crippen LogP contribution is 2.42. The van der Waals surface area contributed by atoms with Crippen LogP contribution in [0.4, 0.5) is 0 Å². The largest absolute Gasteiger partial charge is 0.394 e. The lowest BCUT2D eigenvalue weighted by atomic mass is 9.93. The van der Waals surface area contributed by atoms with Gasteiger partial charge in [-0.25, -0.2) is 4.98 Å². The number of aliphatic hydroxyl groups excluding tert-OH is 1. The highest BCUT2D eigenvalue weighted by Gasteiger charge is 2.33. The minimum Gasteiger partial charge on any atom is -0.394 e. The fourth-order valence-electron chi connectivity index (χ4n) is 3.17. The predicted octanol–water partition coefficient (Wildman–Crippen LogP) is 1.87. The maximum Gasteiger partial charge on any atom is 0.0951 e. The first-order chi connectivity index (χ1) is 8.19. The first kappa shape index (κ1) is 12.6. The van der Waals surface area contributed by atoms with Gasteiger partial charge in [0.25, 0.3) is 0 Å². The Hall–Kier alpha value is -0.870. The quantitative estimate of drug-likeness (QED) is 0.840. The monoisotopic (exact) mass is 237 g/mol. The molecule has 0 spiro atoms. The van der Waals surface area contributed by atoms with Crippen LogP contribution in [0, 0.1) is 11.8 Å². The Bertz CT molecular complexity index is 363. The molecule has 0 aromatic carbocycles. The summed E-state index contributed by atoms with van der Waals surface area (Å²) in [6, 6.07) is 0.181. The lowest BCUT2D eigenvalue weighted by Gasteiger charge is -2.24. The van der Waals surface area contributed by atoms with Crippen molar-refractivity contribution in [3.63, 3.8) is 0 Å². The molecule has 4 heteroatoms. The van der Waals surface area contributed by atoms with Gasteiger partial charge in [0, 0.05) is 12.2 Å². The number of rotatable bonds is 4. The highest BCUT2D eigenvalue weighted by atomic mass is 16.3. The van der Waals surface area contributed by atoms with Crippen molar-refractivity contribution in [2.45, 2.75) is 45.2 Å². The molecule has 1 fully saturated rings. The third kappa shape index (κ3) is 2.24. The van der Waals surface area contributed by atoms with Crippen LogP contribution in [0.2, 0.25) is 0 Å². The van der Waals surface area contributed by atoms with Gasteiger partial charge in [0.15, 0.2) is 0 Å². The summed E-state index contributed by atoms with van der Waals surface area (Å²) in [5.41, 5.74) is 6.87. The zero-order valence-corrected chi connectivity index (χ0v) is 10.7. The summed E-state index contributed by atoms with van der Waals surface area (Å²) in [4.78, 5) is 4.19. The van der Waals surface area contributed by atoms with Gasteiger partial charge in [0.1, 0.15) is 0 Å². The summed E-state index contributed by atoms with van der Waals surface area (Å²) in [6.45, 7) is 4.56. The van der Waals surface area contributed by atoms with Crippen molar-refractivity contribution < 1.29 is 5.11 Å². The topological polar surface area (TPSA) is 64.1 Å². The van der Waals surface area contributed by atoms with Gasteiger partial charge < -0.3 is 15.4 Å². The van der Waals surface area contributed by atoms with E-state index < -0.39 is 0 Å². The van der Waals surface area contributed by atoms with Gasteiger partial charge in [-0.3, -0.25) is 0 Å². The molecule has 96 valence electrons. The van der Waals surface area contributed by atoms with Crippen LogP contribution in [0.1, 0.15) is 50.9 Å². The zero-order chi connectivity index (χ0) is 12.4. The Labute approximate surface area is 103 Å². The summed E-state index contributed by atoms with van der Waals surface area (Å²) in [6.07, 6.45) is 7.38. The Balaban J connectivity index is 2.21. The molecule has 0 radical (unpaired) electrons. The van der Waals surface area contributed by atoms with Crippen LogP contribution in [-0.4, -0.2) is 21.3 Å². The van der Waals surface area contributed by atoms with E-state index in [1.54, 1.807) is 6.20 Å². The number of nitrogens with two attached hydrogens (primary N) is 1. The smallest absolute Gasteiger partial charge is 0.0951 e. The molecule has 4 atom stereocenters. The molecule has 4 nitrogen and oxygen atoms in total. The average Bonchev–Trinajstić information content (AvgIpc) is 2.94. The Morgan fingerprint density at radius 2 is 2.35 bits per heavy atom.